The first-order valence-electron chi connectivity index (χ1n) is 8.59. The van der Waals surface area contributed by atoms with Crippen molar-refractivity contribution in [3.05, 3.63) is 42.2 Å². The number of benzene rings is 1. The number of rotatable bonds is 7. The summed E-state index contributed by atoms with van der Waals surface area (Å²) in [7, 11) is 0. The molecule has 0 unspecified atom stereocenters. The van der Waals surface area contributed by atoms with Gasteiger partial charge in [-0.15, -0.1) is 5.10 Å². The first-order valence-corrected chi connectivity index (χ1v) is 8.59. The smallest absolute Gasteiger partial charge is 0.245 e. The number of aromatic nitrogens is 4. The van der Waals surface area contributed by atoms with Gasteiger partial charge in [-0.1, -0.05) is 36.8 Å². The fraction of sp³-hybridized carbons (Fsp3) is 0.529. The Kier molecular flexibility index (Phi) is 5.90. The van der Waals surface area contributed by atoms with Crippen LogP contribution in [0, 0.1) is 0 Å². The molecule has 2 aromatic rings. The van der Waals surface area contributed by atoms with E-state index in [1.54, 1.807) is 0 Å². The highest BCUT2D eigenvalue weighted by atomic mass is 16.2. The molecule has 1 aromatic carbocycles. The molecule has 0 aliphatic carbocycles. The Balaban J connectivity index is 1.57. The molecule has 24 heavy (non-hydrogen) atoms. The predicted octanol–water partition coefficient (Wildman–Crippen LogP) is 1.06. The topological polar surface area (TPSA) is 75.9 Å². The number of likely N-dealkylation sites (tertiary alicyclic amines) is 1. The molecule has 1 atom stereocenters. The van der Waals surface area contributed by atoms with Crippen LogP contribution >= 0.6 is 0 Å². The van der Waals surface area contributed by atoms with E-state index < -0.39 is 6.04 Å². The molecule has 7 heteroatoms. The van der Waals surface area contributed by atoms with E-state index >= 15 is 0 Å². The zero-order valence-corrected chi connectivity index (χ0v) is 13.8. The molecular weight excluding hydrogens is 304 g/mol. The zero-order chi connectivity index (χ0) is 16.6. The summed E-state index contributed by atoms with van der Waals surface area (Å²) in [5.41, 5.74) is 1.09. The molecule has 0 saturated carbocycles. The van der Waals surface area contributed by atoms with Crippen LogP contribution in [0.3, 0.4) is 0 Å². The van der Waals surface area contributed by atoms with Gasteiger partial charge in [0.25, 0.3) is 0 Å². The molecule has 1 N–H and O–H groups in total. The number of carbonyl (C=O) groups is 1. The summed E-state index contributed by atoms with van der Waals surface area (Å²) in [6, 6.07) is 9.51. The molecule has 3 rings (SSSR count). The SMILES string of the molecule is O=C(NCCN1CCCCC1)[C@@H](Cc1ccccc1)n1cnnn1. The quantitative estimate of drug-likeness (QED) is 0.822. The first kappa shape index (κ1) is 16.6. The number of nitrogens with zero attached hydrogens (tertiary/aromatic N) is 5. The van der Waals surface area contributed by atoms with Crippen LogP contribution < -0.4 is 5.32 Å². The summed E-state index contributed by atoms with van der Waals surface area (Å²) in [5, 5.41) is 14.3. The van der Waals surface area contributed by atoms with E-state index in [0.717, 1.165) is 25.2 Å². The van der Waals surface area contributed by atoms with E-state index in [2.05, 4.69) is 25.7 Å². The summed E-state index contributed by atoms with van der Waals surface area (Å²) >= 11 is 0. The van der Waals surface area contributed by atoms with Gasteiger partial charge in [-0.3, -0.25) is 4.79 Å². The van der Waals surface area contributed by atoms with Crippen molar-refractivity contribution in [1.82, 2.24) is 30.4 Å². The van der Waals surface area contributed by atoms with Crippen molar-refractivity contribution in [3.63, 3.8) is 0 Å². The van der Waals surface area contributed by atoms with Crippen molar-refractivity contribution in [2.24, 2.45) is 0 Å². The van der Waals surface area contributed by atoms with Gasteiger partial charge in [0.1, 0.15) is 12.4 Å². The number of carbonyl (C=O) groups excluding carboxylic acids is 1. The van der Waals surface area contributed by atoms with E-state index in [-0.39, 0.29) is 5.91 Å². The van der Waals surface area contributed by atoms with Crippen LogP contribution in [0.25, 0.3) is 0 Å². The molecule has 1 aromatic heterocycles. The van der Waals surface area contributed by atoms with Gasteiger partial charge in [-0.05, 0) is 41.9 Å². The van der Waals surface area contributed by atoms with Crippen molar-refractivity contribution >= 4 is 5.91 Å². The van der Waals surface area contributed by atoms with Gasteiger partial charge >= 0.3 is 0 Å². The van der Waals surface area contributed by atoms with Crippen molar-refractivity contribution in [3.8, 4) is 0 Å². The van der Waals surface area contributed by atoms with E-state index in [1.165, 1.54) is 30.3 Å². The average Bonchev–Trinajstić information content (AvgIpc) is 3.16. The largest absolute Gasteiger partial charge is 0.353 e. The maximum absolute atomic E-state index is 12.6. The number of piperidine rings is 1. The fourth-order valence-corrected chi connectivity index (χ4v) is 3.09. The van der Waals surface area contributed by atoms with Crippen LogP contribution in [0.2, 0.25) is 0 Å². The third kappa shape index (κ3) is 4.61. The highest BCUT2D eigenvalue weighted by Crippen LogP contribution is 2.13. The monoisotopic (exact) mass is 328 g/mol. The highest BCUT2D eigenvalue weighted by molar-refractivity contribution is 5.80. The van der Waals surface area contributed by atoms with E-state index in [9.17, 15) is 4.79 Å². The minimum Gasteiger partial charge on any atom is -0.353 e. The van der Waals surface area contributed by atoms with Crippen LogP contribution in [-0.4, -0.2) is 57.2 Å². The Hall–Kier alpha value is -2.28. The molecule has 1 saturated heterocycles. The molecule has 0 bridgehead atoms. The third-order valence-corrected chi connectivity index (χ3v) is 4.43. The van der Waals surface area contributed by atoms with Crippen LogP contribution in [0.4, 0.5) is 0 Å². The van der Waals surface area contributed by atoms with Crippen LogP contribution in [0.1, 0.15) is 30.9 Å². The van der Waals surface area contributed by atoms with Crippen LogP contribution in [-0.2, 0) is 11.2 Å². The lowest BCUT2D eigenvalue weighted by Crippen LogP contribution is -2.40. The van der Waals surface area contributed by atoms with Crippen LogP contribution in [0.15, 0.2) is 36.7 Å². The summed E-state index contributed by atoms with van der Waals surface area (Å²) in [6.45, 7) is 3.83. The normalized spacial score (nSPS) is 16.7. The van der Waals surface area contributed by atoms with Gasteiger partial charge in [-0.2, -0.15) is 0 Å². The molecule has 2 heterocycles. The van der Waals surface area contributed by atoms with Gasteiger partial charge in [0.2, 0.25) is 5.91 Å². The number of nitrogens with one attached hydrogen (secondary N) is 1. The molecule has 1 fully saturated rings. The lowest BCUT2D eigenvalue weighted by molar-refractivity contribution is -0.124. The zero-order valence-electron chi connectivity index (χ0n) is 13.8. The third-order valence-electron chi connectivity index (χ3n) is 4.43. The van der Waals surface area contributed by atoms with Gasteiger partial charge < -0.3 is 10.2 Å². The summed E-state index contributed by atoms with van der Waals surface area (Å²) in [4.78, 5) is 15.1. The standard InChI is InChI=1S/C17H24N6O/c24-17(18-9-12-22-10-5-2-6-11-22)16(23-14-19-20-21-23)13-15-7-3-1-4-8-15/h1,3-4,7-8,14,16H,2,5-6,9-13H2,(H,18,24)/t16-/m1/s1. The molecule has 1 amide bonds. The van der Waals surface area contributed by atoms with Crippen LogP contribution in [0.5, 0.6) is 0 Å². The molecular formula is C17H24N6O. The van der Waals surface area contributed by atoms with E-state index in [1.807, 2.05) is 30.3 Å². The van der Waals surface area contributed by atoms with Gasteiger partial charge in [0.05, 0.1) is 0 Å². The molecule has 0 radical (unpaired) electrons. The van der Waals surface area contributed by atoms with E-state index in [0.29, 0.717) is 13.0 Å². The molecule has 1 aliphatic heterocycles. The fourth-order valence-electron chi connectivity index (χ4n) is 3.09. The minimum atomic E-state index is -0.427. The maximum Gasteiger partial charge on any atom is 0.245 e. The number of hydrogen-bond acceptors (Lipinski definition) is 5. The van der Waals surface area contributed by atoms with Crippen molar-refractivity contribution in [2.75, 3.05) is 26.2 Å². The Bertz CT molecular complexity index is 609. The maximum atomic E-state index is 12.6. The van der Waals surface area contributed by atoms with Crippen molar-refractivity contribution in [2.45, 2.75) is 31.7 Å². The second-order valence-corrected chi connectivity index (χ2v) is 6.19. The van der Waals surface area contributed by atoms with Crippen molar-refractivity contribution in [1.29, 1.82) is 0 Å². The molecule has 7 nitrogen and oxygen atoms in total. The van der Waals surface area contributed by atoms with Gasteiger partial charge in [0, 0.05) is 19.5 Å². The van der Waals surface area contributed by atoms with E-state index in [4.69, 9.17) is 0 Å². The van der Waals surface area contributed by atoms with Crippen molar-refractivity contribution < 1.29 is 4.79 Å². The summed E-state index contributed by atoms with van der Waals surface area (Å²) < 4.78 is 1.53. The number of amides is 1. The Morgan fingerprint density at radius 2 is 1.96 bits per heavy atom. The highest BCUT2D eigenvalue weighted by Gasteiger charge is 2.22. The second kappa shape index (κ2) is 8.54. The molecule has 128 valence electrons. The lowest BCUT2D eigenvalue weighted by atomic mass is 10.1. The second-order valence-electron chi connectivity index (χ2n) is 6.19. The lowest BCUT2D eigenvalue weighted by Gasteiger charge is -2.26. The Morgan fingerprint density at radius 3 is 2.67 bits per heavy atom. The molecule has 0 spiro atoms. The van der Waals surface area contributed by atoms with Gasteiger partial charge in [-0.25, -0.2) is 4.68 Å². The number of hydrogen-bond donors (Lipinski definition) is 1. The average molecular weight is 328 g/mol. The Labute approximate surface area is 142 Å². The summed E-state index contributed by atoms with van der Waals surface area (Å²) in [5.74, 6) is -0.0387. The predicted molar refractivity (Wildman–Crippen MR) is 90.3 cm³/mol. The molecule has 1 aliphatic rings. The minimum absolute atomic E-state index is 0.0387. The van der Waals surface area contributed by atoms with Gasteiger partial charge in [0.15, 0.2) is 0 Å². The summed E-state index contributed by atoms with van der Waals surface area (Å²) in [6.07, 6.45) is 5.91. The number of tetrazole rings is 1. The first-order chi connectivity index (χ1) is 11.8. The Morgan fingerprint density at radius 1 is 1.17 bits per heavy atom.